The molecule has 0 atom stereocenters. The molecule has 0 spiro atoms. The van der Waals surface area contributed by atoms with Crippen molar-refractivity contribution in [2.45, 2.75) is 32.3 Å². The van der Waals surface area contributed by atoms with Crippen LogP contribution in [-0.4, -0.2) is 54.0 Å². The van der Waals surface area contributed by atoms with Gasteiger partial charge in [0, 0.05) is 12.5 Å². The Hall–Kier alpha value is -2.86. The Labute approximate surface area is 171 Å². The predicted molar refractivity (Wildman–Crippen MR) is 110 cm³/mol. The molecule has 0 bridgehead atoms. The van der Waals surface area contributed by atoms with E-state index >= 15 is 0 Å². The van der Waals surface area contributed by atoms with Crippen LogP contribution in [0.4, 0.5) is 4.79 Å². The SMILES string of the molecule is CC(C)(C)OCCN(CC(=O)O)C(=O)OCC1c2ccccc2-c2ccccc21. The molecule has 0 unspecified atom stereocenters. The van der Waals surface area contributed by atoms with Crippen molar-refractivity contribution in [2.75, 3.05) is 26.3 Å². The highest BCUT2D eigenvalue weighted by atomic mass is 16.6. The lowest BCUT2D eigenvalue weighted by molar-refractivity contribution is -0.138. The van der Waals surface area contributed by atoms with Crippen LogP contribution in [-0.2, 0) is 14.3 Å². The molecular formula is C23H27NO5. The number of ether oxygens (including phenoxy) is 2. The van der Waals surface area contributed by atoms with E-state index in [2.05, 4.69) is 12.1 Å². The Morgan fingerprint density at radius 3 is 2.07 bits per heavy atom. The van der Waals surface area contributed by atoms with Crippen molar-refractivity contribution in [1.29, 1.82) is 0 Å². The first-order valence-electron chi connectivity index (χ1n) is 9.72. The van der Waals surface area contributed by atoms with Gasteiger partial charge in [-0.3, -0.25) is 9.69 Å². The summed E-state index contributed by atoms with van der Waals surface area (Å²) < 4.78 is 11.2. The van der Waals surface area contributed by atoms with Gasteiger partial charge in [0.1, 0.15) is 13.2 Å². The van der Waals surface area contributed by atoms with Gasteiger partial charge < -0.3 is 14.6 Å². The van der Waals surface area contributed by atoms with E-state index < -0.39 is 18.6 Å². The van der Waals surface area contributed by atoms with E-state index in [0.717, 1.165) is 22.3 Å². The molecule has 0 aromatic heterocycles. The van der Waals surface area contributed by atoms with Gasteiger partial charge in [-0.2, -0.15) is 0 Å². The lowest BCUT2D eigenvalue weighted by atomic mass is 9.98. The number of carboxylic acids is 1. The molecule has 0 saturated carbocycles. The van der Waals surface area contributed by atoms with E-state index in [1.54, 1.807) is 0 Å². The number of carboxylic acid groups (broad SMARTS) is 1. The van der Waals surface area contributed by atoms with Crippen molar-refractivity contribution in [3.8, 4) is 11.1 Å². The van der Waals surface area contributed by atoms with Gasteiger partial charge in [0.05, 0.1) is 12.2 Å². The van der Waals surface area contributed by atoms with Crippen LogP contribution in [0.25, 0.3) is 11.1 Å². The highest BCUT2D eigenvalue weighted by Gasteiger charge is 2.30. The Balaban J connectivity index is 1.68. The van der Waals surface area contributed by atoms with Crippen molar-refractivity contribution in [3.05, 3.63) is 59.7 Å². The van der Waals surface area contributed by atoms with E-state index in [1.165, 1.54) is 4.90 Å². The Morgan fingerprint density at radius 1 is 1.00 bits per heavy atom. The number of amides is 1. The maximum Gasteiger partial charge on any atom is 0.410 e. The number of benzene rings is 2. The summed E-state index contributed by atoms with van der Waals surface area (Å²) in [7, 11) is 0. The number of nitrogens with zero attached hydrogens (tertiary/aromatic N) is 1. The van der Waals surface area contributed by atoms with Crippen LogP contribution in [0.1, 0.15) is 37.8 Å². The molecule has 6 heteroatoms. The van der Waals surface area contributed by atoms with Crippen LogP contribution in [0.5, 0.6) is 0 Å². The number of aliphatic carboxylic acids is 1. The molecule has 0 fully saturated rings. The first-order valence-corrected chi connectivity index (χ1v) is 9.72. The average molecular weight is 397 g/mol. The summed E-state index contributed by atoms with van der Waals surface area (Å²) in [5.74, 6) is -1.15. The maximum atomic E-state index is 12.6. The zero-order valence-electron chi connectivity index (χ0n) is 17.1. The van der Waals surface area contributed by atoms with Crippen molar-refractivity contribution >= 4 is 12.1 Å². The van der Waals surface area contributed by atoms with Crippen LogP contribution in [0.2, 0.25) is 0 Å². The second-order valence-corrected chi connectivity index (χ2v) is 8.08. The van der Waals surface area contributed by atoms with E-state index in [0.29, 0.717) is 0 Å². The van der Waals surface area contributed by atoms with Gasteiger partial charge in [0.25, 0.3) is 0 Å². The Kier molecular flexibility index (Phi) is 6.23. The van der Waals surface area contributed by atoms with Crippen LogP contribution >= 0.6 is 0 Å². The van der Waals surface area contributed by atoms with Crippen LogP contribution < -0.4 is 0 Å². The smallest absolute Gasteiger partial charge is 0.410 e. The summed E-state index contributed by atoms with van der Waals surface area (Å²) in [5.41, 5.74) is 4.15. The number of carbonyl (C=O) groups excluding carboxylic acids is 1. The molecule has 2 aromatic rings. The quantitative estimate of drug-likeness (QED) is 0.760. The zero-order chi connectivity index (χ0) is 21.0. The highest BCUT2D eigenvalue weighted by molar-refractivity contribution is 5.79. The minimum atomic E-state index is -1.09. The van der Waals surface area contributed by atoms with E-state index in [4.69, 9.17) is 14.6 Å². The van der Waals surface area contributed by atoms with E-state index in [-0.39, 0.29) is 31.3 Å². The Bertz CT molecular complexity index is 841. The number of hydrogen-bond donors (Lipinski definition) is 1. The summed E-state index contributed by atoms with van der Waals surface area (Å²) in [6.45, 7) is 5.83. The van der Waals surface area contributed by atoms with Gasteiger partial charge in [0.15, 0.2) is 0 Å². The van der Waals surface area contributed by atoms with Crippen molar-refractivity contribution in [3.63, 3.8) is 0 Å². The summed E-state index contributed by atoms with van der Waals surface area (Å²) in [6, 6.07) is 16.1. The monoisotopic (exact) mass is 397 g/mol. The molecule has 2 aromatic carbocycles. The van der Waals surface area contributed by atoms with Crippen LogP contribution in [0.15, 0.2) is 48.5 Å². The number of fused-ring (bicyclic) bond motifs is 3. The van der Waals surface area contributed by atoms with Crippen molar-refractivity contribution < 1.29 is 24.2 Å². The summed E-state index contributed by atoms with van der Waals surface area (Å²) in [6.07, 6.45) is -0.647. The highest BCUT2D eigenvalue weighted by Crippen LogP contribution is 2.44. The molecular weight excluding hydrogens is 370 g/mol. The number of carbonyl (C=O) groups is 2. The molecule has 0 saturated heterocycles. The maximum absolute atomic E-state index is 12.6. The van der Waals surface area contributed by atoms with E-state index in [1.807, 2.05) is 57.2 Å². The predicted octanol–water partition coefficient (Wildman–Crippen LogP) is 4.14. The number of hydrogen-bond acceptors (Lipinski definition) is 4. The fourth-order valence-corrected chi connectivity index (χ4v) is 3.55. The van der Waals surface area contributed by atoms with Gasteiger partial charge in [-0.1, -0.05) is 48.5 Å². The van der Waals surface area contributed by atoms with Gasteiger partial charge >= 0.3 is 12.1 Å². The molecule has 0 heterocycles. The van der Waals surface area contributed by atoms with Crippen LogP contribution in [0, 0.1) is 0 Å². The molecule has 0 aliphatic heterocycles. The summed E-state index contributed by atoms with van der Waals surface area (Å²) >= 11 is 0. The molecule has 154 valence electrons. The Morgan fingerprint density at radius 2 is 1.55 bits per heavy atom. The third-order valence-electron chi connectivity index (χ3n) is 4.82. The van der Waals surface area contributed by atoms with Gasteiger partial charge in [-0.25, -0.2) is 4.79 Å². The lowest BCUT2D eigenvalue weighted by Gasteiger charge is -2.25. The normalized spacial score (nSPS) is 12.9. The molecule has 1 N–H and O–H groups in total. The van der Waals surface area contributed by atoms with Crippen LogP contribution in [0.3, 0.4) is 0 Å². The molecule has 0 radical (unpaired) electrons. The summed E-state index contributed by atoms with van der Waals surface area (Å²) in [4.78, 5) is 24.9. The average Bonchev–Trinajstić information content (AvgIpc) is 2.98. The zero-order valence-corrected chi connectivity index (χ0v) is 17.1. The third kappa shape index (κ3) is 5.15. The minimum absolute atomic E-state index is 0.0659. The first kappa shape index (κ1) is 20.9. The standard InChI is InChI=1S/C23H27NO5/c1-23(2,3)29-13-12-24(14-21(25)26)22(27)28-15-20-18-10-6-4-8-16(18)17-9-5-7-11-19(17)20/h4-11,20H,12-15H2,1-3H3,(H,25,26). The molecule has 1 aliphatic carbocycles. The van der Waals surface area contributed by atoms with Crippen molar-refractivity contribution in [1.82, 2.24) is 4.90 Å². The lowest BCUT2D eigenvalue weighted by Crippen LogP contribution is -2.40. The minimum Gasteiger partial charge on any atom is -0.480 e. The van der Waals surface area contributed by atoms with E-state index in [9.17, 15) is 9.59 Å². The molecule has 3 rings (SSSR count). The van der Waals surface area contributed by atoms with Gasteiger partial charge in [0.2, 0.25) is 0 Å². The fraction of sp³-hybridized carbons (Fsp3) is 0.391. The summed E-state index contributed by atoms with van der Waals surface area (Å²) in [5, 5.41) is 9.14. The molecule has 6 nitrogen and oxygen atoms in total. The van der Waals surface area contributed by atoms with Gasteiger partial charge in [-0.05, 0) is 43.0 Å². The second-order valence-electron chi connectivity index (χ2n) is 8.08. The number of rotatable bonds is 7. The second kappa shape index (κ2) is 8.66. The van der Waals surface area contributed by atoms with Crippen molar-refractivity contribution in [2.24, 2.45) is 0 Å². The molecule has 29 heavy (non-hydrogen) atoms. The van der Waals surface area contributed by atoms with Gasteiger partial charge in [-0.15, -0.1) is 0 Å². The first-order chi connectivity index (χ1) is 13.8. The molecule has 1 aliphatic rings. The molecule has 1 amide bonds. The topological polar surface area (TPSA) is 76.1 Å². The fourth-order valence-electron chi connectivity index (χ4n) is 3.55. The third-order valence-corrected chi connectivity index (χ3v) is 4.82. The largest absolute Gasteiger partial charge is 0.480 e.